The Kier molecular flexibility index (Phi) is 6.43. The van der Waals surface area contributed by atoms with E-state index >= 15 is 0 Å². The summed E-state index contributed by atoms with van der Waals surface area (Å²) in [6.07, 6.45) is 1.13. The van der Waals surface area contributed by atoms with Crippen molar-refractivity contribution in [1.82, 2.24) is 9.62 Å². The zero-order valence-corrected chi connectivity index (χ0v) is 16.2. The van der Waals surface area contributed by atoms with Crippen molar-refractivity contribution in [3.63, 3.8) is 0 Å². The molecule has 1 fully saturated rings. The van der Waals surface area contributed by atoms with Gasteiger partial charge in [-0.15, -0.1) is 0 Å². The van der Waals surface area contributed by atoms with Gasteiger partial charge in [0.25, 0.3) is 0 Å². The van der Waals surface area contributed by atoms with Crippen LogP contribution in [0.2, 0.25) is 0 Å². The number of carbonyl (C=O) groups excluding carboxylic acids is 1. The number of sulfonamides is 1. The topological polar surface area (TPSA) is 78.5 Å². The molecule has 0 aromatic heterocycles. The highest BCUT2D eigenvalue weighted by Crippen LogP contribution is 2.19. The van der Waals surface area contributed by atoms with Crippen LogP contribution in [-0.4, -0.2) is 39.0 Å². The average molecular weight is 427 g/mol. The van der Waals surface area contributed by atoms with Gasteiger partial charge in [0.1, 0.15) is 17.5 Å². The zero-order valence-electron chi connectivity index (χ0n) is 15.4. The van der Waals surface area contributed by atoms with Gasteiger partial charge in [-0.3, -0.25) is 0 Å². The minimum Gasteiger partial charge on any atom is -0.325 e. The maximum atomic E-state index is 13.3. The van der Waals surface area contributed by atoms with Gasteiger partial charge < -0.3 is 10.2 Å². The second-order valence-electron chi connectivity index (χ2n) is 6.82. The highest BCUT2D eigenvalue weighted by Gasteiger charge is 2.25. The molecular formula is C19H20F3N3O3S. The molecule has 2 aromatic rings. The largest absolute Gasteiger partial charge is 0.325 e. The third-order valence-corrected chi connectivity index (χ3v) is 6.11. The van der Waals surface area contributed by atoms with E-state index in [4.69, 9.17) is 0 Å². The molecule has 29 heavy (non-hydrogen) atoms. The lowest BCUT2D eigenvalue weighted by molar-refractivity contribution is 0.183. The first-order valence-electron chi connectivity index (χ1n) is 9.00. The fourth-order valence-electron chi connectivity index (χ4n) is 3.07. The van der Waals surface area contributed by atoms with Crippen LogP contribution in [0.5, 0.6) is 0 Å². The summed E-state index contributed by atoms with van der Waals surface area (Å²) in [6.45, 7) is 0.954. The average Bonchev–Trinajstić information content (AvgIpc) is 2.68. The molecule has 1 aliphatic heterocycles. The first-order valence-corrected chi connectivity index (χ1v) is 10.5. The van der Waals surface area contributed by atoms with Crippen molar-refractivity contribution in [1.29, 1.82) is 0 Å². The molecule has 0 unspecified atom stereocenters. The summed E-state index contributed by atoms with van der Waals surface area (Å²) in [6, 6.07) is 7.23. The molecule has 0 saturated carbocycles. The molecule has 1 saturated heterocycles. The van der Waals surface area contributed by atoms with Crippen molar-refractivity contribution in [2.75, 3.05) is 25.0 Å². The van der Waals surface area contributed by atoms with Crippen molar-refractivity contribution in [3.8, 4) is 0 Å². The number of hydrogen-bond donors (Lipinski definition) is 2. The van der Waals surface area contributed by atoms with Crippen molar-refractivity contribution in [3.05, 3.63) is 59.9 Å². The number of piperidine rings is 1. The van der Waals surface area contributed by atoms with Gasteiger partial charge in [-0.25, -0.2) is 31.1 Å². The summed E-state index contributed by atoms with van der Waals surface area (Å²) < 4.78 is 66.3. The molecule has 2 aromatic carbocycles. The molecule has 0 atom stereocenters. The van der Waals surface area contributed by atoms with E-state index in [0.29, 0.717) is 37.7 Å². The van der Waals surface area contributed by atoms with Crippen molar-refractivity contribution < 1.29 is 26.4 Å². The summed E-state index contributed by atoms with van der Waals surface area (Å²) in [5.41, 5.74) is 0.480. The number of rotatable bonds is 5. The van der Waals surface area contributed by atoms with Crippen LogP contribution >= 0.6 is 0 Å². The summed E-state index contributed by atoms with van der Waals surface area (Å²) in [7, 11) is -4.03. The normalized spacial score (nSPS) is 15.3. The van der Waals surface area contributed by atoms with Gasteiger partial charge >= 0.3 is 6.03 Å². The molecule has 1 aliphatic rings. The van der Waals surface area contributed by atoms with Gasteiger partial charge in [0.15, 0.2) is 0 Å². The molecule has 0 bridgehead atoms. The van der Waals surface area contributed by atoms with Gasteiger partial charge in [-0.1, -0.05) is 0 Å². The minimum atomic E-state index is -4.03. The third-order valence-electron chi connectivity index (χ3n) is 4.71. The highest BCUT2D eigenvalue weighted by molar-refractivity contribution is 7.89. The number of likely N-dealkylation sites (tertiary alicyclic amines) is 1. The second-order valence-corrected chi connectivity index (χ2v) is 8.59. The molecule has 2 amide bonds. The Morgan fingerprint density at radius 2 is 1.55 bits per heavy atom. The van der Waals surface area contributed by atoms with Gasteiger partial charge in [0.05, 0.1) is 4.90 Å². The van der Waals surface area contributed by atoms with Gasteiger partial charge in [0, 0.05) is 31.4 Å². The summed E-state index contributed by atoms with van der Waals surface area (Å²) in [4.78, 5) is 13.4. The van der Waals surface area contributed by atoms with E-state index in [9.17, 15) is 26.4 Å². The van der Waals surface area contributed by atoms with E-state index in [-0.39, 0.29) is 18.5 Å². The first-order chi connectivity index (χ1) is 13.7. The van der Waals surface area contributed by atoms with E-state index in [1.807, 2.05) is 0 Å². The Labute approximate surface area is 166 Å². The predicted molar refractivity (Wildman–Crippen MR) is 101 cm³/mol. The summed E-state index contributed by atoms with van der Waals surface area (Å²) in [5, 5.41) is 2.68. The Balaban J connectivity index is 1.49. The first kappa shape index (κ1) is 21.1. The lowest BCUT2D eigenvalue weighted by Gasteiger charge is -2.32. The number of benzene rings is 2. The van der Waals surface area contributed by atoms with E-state index < -0.39 is 32.4 Å². The number of nitrogens with one attached hydrogen (secondary N) is 2. The maximum Gasteiger partial charge on any atom is 0.321 e. The van der Waals surface area contributed by atoms with Crippen LogP contribution in [0.3, 0.4) is 0 Å². The number of hydrogen-bond acceptors (Lipinski definition) is 3. The SMILES string of the molecule is O=C(Nc1ccc(F)cc1)N1CCC(CNS(=O)(=O)c2cc(F)cc(F)c2)CC1. The third kappa shape index (κ3) is 5.70. The molecule has 0 spiro atoms. The van der Waals surface area contributed by atoms with Crippen molar-refractivity contribution in [2.45, 2.75) is 17.7 Å². The zero-order chi connectivity index (χ0) is 21.0. The van der Waals surface area contributed by atoms with Crippen LogP contribution in [-0.2, 0) is 10.0 Å². The van der Waals surface area contributed by atoms with Crippen LogP contribution in [0, 0.1) is 23.4 Å². The van der Waals surface area contributed by atoms with Crippen molar-refractivity contribution >= 4 is 21.7 Å². The Hall–Kier alpha value is -2.59. The van der Waals surface area contributed by atoms with Crippen LogP contribution in [0.15, 0.2) is 47.4 Å². The second kappa shape index (κ2) is 8.83. The van der Waals surface area contributed by atoms with E-state index in [2.05, 4.69) is 10.0 Å². The van der Waals surface area contributed by atoms with Gasteiger partial charge in [0.2, 0.25) is 10.0 Å². The molecule has 3 rings (SSSR count). The molecule has 1 heterocycles. The van der Waals surface area contributed by atoms with Crippen LogP contribution in [0.25, 0.3) is 0 Å². The summed E-state index contributed by atoms with van der Waals surface area (Å²) >= 11 is 0. The number of amides is 2. The van der Waals surface area contributed by atoms with E-state index in [1.54, 1.807) is 4.90 Å². The predicted octanol–water partition coefficient (Wildman–Crippen LogP) is 3.33. The van der Waals surface area contributed by atoms with Crippen LogP contribution in [0.4, 0.5) is 23.7 Å². The number of carbonyl (C=O) groups is 1. The molecule has 0 radical (unpaired) electrons. The molecule has 156 valence electrons. The lowest BCUT2D eigenvalue weighted by atomic mass is 9.97. The number of halogens is 3. The van der Waals surface area contributed by atoms with E-state index in [1.165, 1.54) is 24.3 Å². The minimum absolute atomic E-state index is 0.0157. The molecule has 10 heteroatoms. The molecule has 2 N–H and O–H groups in total. The van der Waals surface area contributed by atoms with Crippen LogP contribution < -0.4 is 10.0 Å². The van der Waals surface area contributed by atoms with Crippen molar-refractivity contribution in [2.24, 2.45) is 5.92 Å². The number of urea groups is 1. The molecular weight excluding hydrogens is 407 g/mol. The summed E-state index contributed by atoms with van der Waals surface area (Å²) in [5.74, 6) is -2.35. The molecule has 0 aliphatic carbocycles. The van der Waals surface area contributed by atoms with E-state index in [0.717, 1.165) is 12.1 Å². The Morgan fingerprint density at radius 3 is 2.14 bits per heavy atom. The number of nitrogens with zero attached hydrogens (tertiary/aromatic N) is 1. The standard InChI is InChI=1S/C19H20F3N3O3S/c20-14-1-3-17(4-2-14)24-19(26)25-7-5-13(6-8-25)12-23-29(27,28)18-10-15(21)9-16(22)11-18/h1-4,9-11,13,23H,5-8,12H2,(H,24,26). The van der Waals surface area contributed by atoms with Gasteiger partial charge in [-0.05, 0) is 55.2 Å². The monoisotopic (exact) mass is 427 g/mol. The maximum absolute atomic E-state index is 13.3. The molecule has 6 nitrogen and oxygen atoms in total. The Morgan fingerprint density at radius 1 is 0.966 bits per heavy atom. The fourth-order valence-corrected chi connectivity index (χ4v) is 4.23. The lowest BCUT2D eigenvalue weighted by Crippen LogP contribution is -2.43. The fraction of sp³-hybridized carbons (Fsp3) is 0.316. The highest BCUT2D eigenvalue weighted by atomic mass is 32.2. The van der Waals surface area contributed by atoms with Gasteiger partial charge in [-0.2, -0.15) is 0 Å². The van der Waals surface area contributed by atoms with Crippen LogP contribution in [0.1, 0.15) is 12.8 Å². The quantitative estimate of drug-likeness (QED) is 0.769. The number of anilines is 1. The Bertz CT molecular complexity index is 956. The smallest absolute Gasteiger partial charge is 0.321 e.